The molecule has 6 nitrogen and oxygen atoms in total. The van der Waals surface area contributed by atoms with Gasteiger partial charge in [0.15, 0.2) is 0 Å². The predicted molar refractivity (Wildman–Crippen MR) is 96.2 cm³/mol. The van der Waals surface area contributed by atoms with Gasteiger partial charge in [0.05, 0.1) is 11.6 Å². The maximum absolute atomic E-state index is 12.9. The Kier molecular flexibility index (Phi) is 5.09. The molecule has 1 amide bonds. The Hall–Kier alpha value is -2.73. The molecule has 0 radical (unpaired) electrons. The first-order chi connectivity index (χ1) is 12.2. The number of rotatable bonds is 6. The number of hydrogen-bond acceptors (Lipinski definition) is 4. The first-order valence-corrected chi connectivity index (χ1v) is 8.42. The third kappa shape index (κ3) is 3.39. The van der Waals surface area contributed by atoms with Crippen molar-refractivity contribution in [1.29, 1.82) is 0 Å². The minimum atomic E-state index is -0.180. The van der Waals surface area contributed by atoms with Gasteiger partial charge in [-0.1, -0.05) is 35.5 Å². The highest BCUT2D eigenvalue weighted by Crippen LogP contribution is 2.25. The second-order valence-corrected chi connectivity index (χ2v) is 5.96. The number of hydrogen-bond donors (Lipinski definition) is 1. The van der Waals surface area contributed by atoms with Crippen molar-refractivity contribution in [2.24, 2.45) is 0 Å². The molecule has 0 saturated heterocycles. The number of amides is 1. The van der Waals surface area contributed by atoms with Crippen LogP contribution < -0.4 is 0 Å². The Morgan fingerprint density at radius 2 is 2.00 bits per heavy atom. The van der Waals surface area contributed by atoms with Gasteiger partial charge in [-0.15, -0.1) is 5.10 Å². The molecular weight excluding hydrogens is 316 g/mol. The molecule has 0 aliphatic rings. The van der Waals surface area contributed by atoms with Crippen molar-refractivity contribution in [1.82, 2.24) is 19.9 Å². The highest BCUT2D eigenvalue weighted by atomic mass is 16.3. The van der Waals surface area contributed by atoms with Crippen molar-refractivity contribution >= 4 is 16.9 Å². The van der Waals surface area contributed by atoms with E-state index in [9.17, 15) is 9.90 Å². The fourth-order valence-corrected chi connectivity index (χ4v) is 3.07. The normalized spacial score (nSPS) is 12.3. The maximum atomic E-state index is 12.9. The molecule has 0 aliphatic heterocycles. The Balaban J connectivity index is 1.90. The van der Waals surface area contributed by atoms with Crippen LogP contribution in [-0.2, 0) is 6.54 Å². The molecule has 0 fully saturated rings. The van der Waals surface area contributed by atoms with Crippen molar-refractivity contribution in [2.75, 3.05) is 13.7 Å². The third-order valence-electron chi connectivity index (χ3n) is 4.44. The van der Waals surface area contributed by atoms with E-state index in [2.05, 4.69) is 10.3 Å². The second-order valence-electron chi connectivity index (χ2n) is 5.96. The van der Waals surface area contributed by atoms with E-state index in [4.69, 9.17) is 0 Å². The van der Waals surface area contributed by atoms with Crippen LogP contribution in [0, 0.1) is 0 Å². The Bertz CT molecular complexity index is 860. The van der Waals surface area contributed by atoms with Crippen molar-refractivity contribution in [3.8, 4) is 0 Å². The summed E-state index contributed by atoms with van der Waals surface area (Å²) in [6.07, 6.45) is 0.487. The van der Waals surface area contributed by atoms with E-state index in [0.29, 0.717) is 17.5 Å². The van der Waals surface area contributed by atoms with Crippen LogP contribution in [0.2, 0.25) is 0 Å². The van der Waals surface area contributed by atoms with Gasteiger partial charge in [0, 0.05) is 25.8 Å². The molecule has 130 valence electrons. The number of aliphatic hydroxyl groups excluding tert-OH is 1. The van der Waals surface area contributed by atoms with Gasteiger partial charge in [0.1, 0.15) is 5.52 Å². The van der Waals surface area contributed by atoms with Gasteiger partial charge in [0.2, 0.25) is 0 Å². The summed E-state index contributed by atoms with van der Waals surface area (Å²) < 4.78 is 1.80. The number of nitrogens with zero attached hydrogens (tertiary/aromatic N) is 4. The van der Waals surface area contributed by atoms with Crippen LogP contribution in [0.5, 0.6) is 0 Å². The number of aryl methyl sites for hydroxylation is 1. The van der Waals surface area contributed by atoms with E-state index in [1.165, 1.54) is 0 Å². The molecule has 6 heteroatoms. The Morgan fingerprint density at radius 1 is 1.24 bits per heavy atom. The van der Waals surface area contributed by atoms with Crippen LogP contribution in [0.25, 0.3) is 11.0 Å². The number of aliphatic hydroxyl groups is 1. The molecule has 0 spiro atoms. The van der Waals surface area contributed by atoms with E-state index in [1.54, 1.807) is 28.8 Å². The van der Waals surface area contributed by atoms with Gasteiger partial charge in [-0.3, -0.25) is 4.79 Å². The van der Waals surface area contributed by atoms with Crippen LogP contribution >= 0.6 is 0 Å². The van der Waals surface area contributed by atoms with E-state index < -0.39 is 0 Å². The summed E-state index contributed by atoms with van der Waals surface area (Å²) in [6.45, 7) is 2.75. The minimum absolute atomic E-state index is 0.0149. The zero-order valence-electron chi connectivity index (χ0n) is 14.5. The molecule has 25 heavy (non-hydrogen) atoms. The molecule has 0 aliphatic carbocycles. The van der Waals surface area contributed by atoms with Gasteiger partial charge in [0.25, 0.3) is 5.91 Å². The molecule has 0 saturated carbocycles. The maximum Gasteiger partial charge on any atom is 0.254 e. The highest BCUT2D eigenvalue weighted by Gasteiger charge is 2.23. The average molecular weight is 338 g/mol. The number of aromatic nitrogens is 3. The van der Waals surface area contributed by atoms with Crippen LogP contribution in [0.1, 0.15) is 35.3 Å². The zero-order valence-corrected chi connectivity index (χ0v) is 14.5. The van der Waals surface area contributed by atoms with E-state index >= 15 is 0 Å². The van der Waals surface area contributed by atoms with E-state index in [1.807, 2.05) is 43.3 Å². The van der Waals surface area contributed by atoms with Gasteiger partial charge in [-0.25, -0.2) is 4.68 Å². The van der Waals surface area contributed by atoms with E-state index in [0.717, 1.165) is 17.6 Å². The summed E-state index contributed by atoms with van der Waals surface area (Å²) >= 11 is 0. The molecular formula is C19H22N4O2. The van der Waals surface area contributed by atoms with Gasteiger partial charge in [-0.05, 0) is 37.1 Å². The van der Waals surface area contributed by atoms with Crippen LogP contribution in [0.3, 0.4) is 0 Å². The van der Waals surface area contributed by atoms with Gasteiger partial charge >= 0.3 is 0 Å². The summed E-state index contributed by atoms with van der Waals surface area (Å²) in [5.74, 6) is -0.102. The number of carbonyl (C=O) groups is 1. The summed E-state index contributed by atoms with van der Waals surface area (Å²) in [5, 5.41) is 17.6. The largest absolute Gasteiger partial charge is 0.396 e. The SMILES string of the molecule is CCn1nnc2cc(C(=O)N(C)C(CCO)c3ccccc3)ccc21. The fraction of sp³-hybridized carbons (Fsp3) is 0.316. The molecule has 1 aromatic heterocycles. The predicted octanol–water partition coefficient (Wildman–Crippen LogP) is 2.65. The zero-order chi connectivity index (χ0) is 17.8. The molecule has 1 heterocycles. The summed E-state index contributed by atoms with van der Waals surface area (Å²) in [7, 11) is 1.77. The number of carbonyl (C=O) groups excluding carboxylic acids is 1. The molecule has 2 aromatic carbocycles. The standard InChI is InChI=1S/C19H22N4O2/c1-3-23-18-10-9-15(13-16(18)20-21-23)19(25)22(2)17(11-12-24)14-7-5-4-6-8-14/h4-10,13,17,24H,3,11-12H2,1-2H3. The molecule has 3 rings (SSSR count). The van der Waals surface area contributed by atoms with E-state index in [-0.39, 0.29) is 18.6 Å². The molecule has 1 N–H and O–H groups in total. The summed E-state index contributed by atoms with van der Waals surface area (Å²) in [6, 6.07) is 15.0. The lowest BCUT2D eigenvalue weighted by Gasteiger charge is -2.28. The third-order valence-corrected chi connectivity index (χ3v) is 4.44. The summed E-state index contributed by atoms with van der Waals surface area (Å²) in [5.41, 5.74) is 3.19. The van der Waals surface area contributed by atoms with Crippen LogP contribution in [0.4, 0.5) is 0 Å². The number of benzene rings is 2. The lowest BCUT2D eigenvalue weighted by atomic mass is 10.0. The first-order valence-electron chi connectivity index (χ1n) is 8.42. The number of fused-ring (bicyclic) bond motifs is 1. The smallest absolute Gasteiger partial charge is 0.254 e. The monoisotopic (exact) mass is 338 g/mol. The van der Waals surface area contributed by atoms with Crippen molar-refractivity contribution in [2.45, 2.75) is 25.9 Å². The lowest BCUT2D eigenvalue weighted by Crippen LogP contribution is -2.31. The van der Waals surface area contributed by atoms with Gasteiger partial charge < -0.3 is 10.0 Å². The first kappa shape index (κ1) is 17.1. The molecule has 0 bridgehead atoms. The quantitative estimate of drug-likeness (QED) is 0.750. The van der Waals surface area contributed by atoms with Crippen LogP contribution in [0.15, 0.2) is 48.5 Å². The lowest BCUT2D eigenvalue weighted by molar-refractivity contribution is 0.0705. The average Bonchev–Trinajstić information content (AvgIpc) is 3.08. The fourth-order valence-electron chi connectivity index (χ4n) is 3.07. The molecule has 3 aromatic rings. The van der Waals surface area contributed by atoms with Crippen molar-refractivity contribution < 1.29 is 9.90 Å². The topological polar surface area (TPSA) is 71.2 Å². The van der Waals surface area contributed by atoms with Gasteiger partial charge in [-0.2, -0.15) is 0 Å². The molecule has 1 unspecified atom stereocenters. The van der Waals surface area contributed by atoms with Crippen LogP contribution in [-0.4, -0.2) is 44.6 Å². The Morgan fingerprint density at radius 3 is 2.68 bits per heavy atom. The Labute approximate surface area is 146 Å². The van der Waals surface area contributed by atoms with Crippen molar-refractivity contribution in [3.63, 3.8) is 0 Å². The van der Waals surface area contributed by atoms with Crippen molar-refractivity contribution in [3.05, 3.63) is 59.7 Å². The second kappa shape index (κ2) is 7.44. The molecule has 1 atom stereocenters. The minimum Gasteiger partial charge on any atom is -0.396 e. The highest BCUT2D eigenvalue weighted by molar-refractivity contribution is 5.97. The summed E-state index contributed by atoms with van der Waals surface area (Å²) in [4.78, 5) is 14.6.